The molecule has 0 saturated carbocycles. The van der Waals surface area contributed by atoms with Gasteiger partial charge in [-0.2, -0.15) is 0 Å². The second kappa shape index (κ2) is 16.4. The number of benzene rings is 6. The normalized spacial score (nSPS) is 12.3. The SMILES string of the molecule is CC.CC.CC.CCN(CC)CC.c1ccc2c(c1)-c1ccccc1C21c2ccc3ccccc3c2Oc2c1ccc1ccccc21. The largest absolute Gasteiger partial charge is 0.455 e. The van der Waals surface area contributed by atoms with Gasteiger partial charge in [0, 0.05) is 21.9 Å². The molecule has 0 bridgehead atoms. The molecule has 0 saturated heterocycles. The predicted octanol–water partition coefficient (Wildman–Crippen LogP) is 12.9. The van der Waals surface area contributed by atoms with Gasteiger partial charge in [0.1, 0.15) is 11.5 Å². The third-order valence-corrected chi connectivity index (χ3v) is 9.07. The van der Waals surface area contributed by atoms with Crippen molar-refractivity contribution in [3.05, 3.63) is 144 Å². The Kier molecular flexibility index (Phi) is 12.4. The summed E-state index contributed by atoms with van der Waals surface area (Å²) in [5.41, 5.74) is 7.26. The predicted molar refractivity (Wildman–Crippen MR) is 206 cm³/mol. The highest BCUT2D eigenvalue weighted by Gasteiger charge is 2.51. The highest BCUT2D eigenvalue weighted by atomic mass is 16.5. The highest BCUT2D eigenvalue weighted by Crippen LogP contribution is 2.63. The van der Waals surface area contributed by atoms with Crippen molar-refractivity contribution in [3.63, 3.8) is 0 Å². The van der Waals surface area contributed by atoms with E-state index < -0.39 is 5.41 Å². The van der Waals surface area contributed by atoms with E-state index in [4.69, 9.17) is 4.74 Å². The molecular formula is C45H53NO. The number of fused-ring (bicyclic) bond motifs is 13. The fourth-order valence-electron chi connectivity index (χ4n) is 7.03. The average molecular weight is 624 g/mol. The quantitative estimate of drug-likeness (QED) is 0.194. The van der Waals surface area contributed by atoms with E-state index in [0.717, 1.165) is 22.3 Å². The number of ether oxygens (including phenoxy) is 1. The maximum Gasteiger partial charge on any atom is 0.140 e. The zero-order chi connectivity index (χ0) is 34.0. The van der Waals surface area contributed by atoms with Crippen LogP contribution in [0.5, 0.6) is 11.5 Å². The van der Waals surface area contributed by atoms with E-state index in [2.05, 4.69) is 147 Å². The summed E-state index contributed by atoms with van der Waals surface area (Å²) in [4.78, 5) is 2.38. The summed E-state index contributed by atoms with van der Waals surface area (Å²) >= 11 is 0. The molecule has 244 valence electrons. The average Bonchev–Trinajstić information content (AvgIpc) is 3.45. The van der Waals surface area contributed by atoms with Crippen molar-refractivity contribution in [2.75, 3.05) is 19.6 Å². The maximum absolute atomic E-state index is 6.92. The minimum absolute atomic E-state index is 0.426. The van der Waals surface area contributed by atoms with Crippen LogP contribution in [0.4, 0.5) is 0 Å². The number of rotatable bonds is 3. The molecule has 1 aliphatic carbocycles. The minimum Gasteiger partial charge on any atom is -0.455 e. The first-order valence-corrected chi connectivity index (χ1v) is 17.9. The molecule has 2 heteroatoms. The van der Waals surface area contributed by atoms with Crippen LogP contribution in [0.1, 0.15) is 84.6 Å². The lowest BCUT2D eigenvalue weighted by molar-refractivity contribution is 0.321. The fraction of sp³-hybridized carbons (Fsp3) is 0.289. The van der Waals surface area contributed by atoms with Crippen molar-refractivity contribution in [3.8, 4) is 22.6 Å². The van der Waals surface area contributed by atoms with Crippen molar-refractivity contribution in [2.45, 2.75) is 67.7 Å². The zero-order valence-electron chi connectivity index (χ0n) is 30.0. The maximum atomic E-state index is 6.92. The Labute approximate surface area is 284 Å². The smallest absolute Gasteiger partial charge is 0.140 e. The van der Waals surface area contributed by atoms with E-state index in [1.54, 1.807) is 0 Å². The van der Waals surface area contributed by atoms with Crippen molar-refractivity contribution in [1.82, 2.24) is 4.90 Å². The van der Waals surface area contributed by atoms with Gasteiger partial charge in [0.25, 0.3) is 0 Å². The van der Waals surface area contributed by atoms with Crippen LogP contribution < -0.4 is 4.74 Å². The molecule has 0 radical (unpaired) electrons. The lowest BCUT2D eigenvalue weighted by Gasteiger charge is -2.40. The fourth-order valence-corrected chi connectivity index (χ4v) is 7.03. The highest BCUT2D eigenvalue weighted by molar-refractivity contribution is 5.99. The van der Waals surface area contributed by atoms with Crippen molar-refractivity contribution < 1.29 is 4.74 Å². The number of nitrogens with zero attached hydrogens (tertiary/aromatic N) is 1. The van der Waals surface area contributed by atoms with Crippen LogP contribution in [0, 0.1) is 0 Å². The first kappa shape index (κ1) is 35.5. The summed E-state index contributed by atoms with van der Waals surface area (Å²) in [6.07, 6.45) is 0. The van der Waals surface area contributed by atoms with Crippen molar-refractivity contribution in [1.29, 1.82) is 0 Å². The summed E-state index contributed by atoms with van der Waals surface area (Å²) in [5, 5.41) is 4.69. The van der Waals surface area contributed by atoms with Crippen LogP contribution in [-0.2, 0) is 5.41 Å². The van der Waals surface area contributed by atoms with Gasteiger partial charge >= 0.3 is 0 Å². The van der Waals surface area contributed by atoms with Gasteiger partial charge in [-0.15, -0.1) is 0 Å². The monoisotopic (exact) mass is 623 g/mol. The van der Waals surface area contributed by atoms with Gasteiger partial charge in [-0.3, -0.25) is 0 Å². The lowest BCUT2D eigenvalue weighted by Crippen LogP contribution is -2.32. The van der Waals surface area contributed by atoms with E-state index in [1.807, 2.05) is 41.5 Å². The molecule has 2 aliphatic rings. The van der Waals surface area contributed by atoms with Crippen LogP contribution in [0.25, 0.3) is 32.7 Å². The van der Waals surface area contributed by atoms with E-state index in [-0.39, 0.29) is 0 Å². The Morgan fingerprint density at radius 1 is 0.426 bits per heavy atom. The molecule has 1 spiro atoms. The molecular weight excluding hydrogens is 571 g/mol. The van der Waals surface area contributed by atoms with Crippen LogP contribution >= 0.6 is 0 Å². The van der Waals surface area contributed by atoms with Gasteiger partial charge in [0.2, 0.25) is 0 Å². The molecule has 2 nitrogen and oxygen atoms in total. The molecule has 0 amide bonds. The summed E-state index contributed by atoms with van der Waals surface area (Å²) in [6, 6.07) is 43.9. The first-order valence-electron chi connectivity index (χ1n) is 17.9. The van der Waals surface area contributed by atoms with Gasteiger partial charge in [-0.05, 0) is 52.7 Å². The summed E-state index contributed by atoms with van der Waals surface area (Å²) in [5.74, 6) is 1.93. The Balaban J connectivity index is 0.000000337. The first-order chi connectivity index (χ1) is 23.2. The topological polar surface area (TPSA) is 12.5 Å². The molecule has 6 aromatic carbocycles. The van der Waals surface area contributed by atoms with E-state index in [0.29, 0.717) is 0 Å². The van der Waals surface area contributed by atoms with Gasteiger partial charge in [-0.25, -0.2) is 0 Å². The minimum atomic E-state index is -0.426. The molecule has 8 rings (SSSR count). The molecule has 0 fully saturated rings. The third kappa shape index (κ3) is 6.08. The van der Waals surface area contributed by atoms with Gasteiger partial charge in [-0.1, -0.05) is 184 Å². The standard InChI is InChI=1S/C33H20O.C6H15N.3C2H6/c1-3-11-23-21(9-1)17-19-29-31(23)34-32-24-12-4-2-10-22(24)18-20-30(32)33(29)27-15-7-5-13-25(27)26-14-6-8-16-28(26)33;1-4-7(5-2)6-3;3*1-2/h1-20H;4-6H2,1-3H3;3*1-2H3. The summed E-state index contributed by atoms with van der Waals surface area (Å²) in [6.45, 7) is 22.1. The second-order valence-corrected chi connectivity index (χ2v) is 10.9. The summed E-state index contributed by atoms with van der Waals surface area (Å²) < 4.78 is 6.92. The Hall–Kier alpha value is -4.40. The van der Waals surface area contributed by atoms with E-state index in [9.17, 15) is 0 Å². The second-order valence-electron chi connectivity index (χ2n) is 10.9. The number of hydrogen-bond donors (Lipinski definition) is 0. The van der Waals surface area contributed by atoms with Crippen molar-refractivity contribution >= 4 is 21.5 Å². The van der Waals surface area contributed by atoms with E-state index in [1.165, 1.54) is 63.8 Å². The molecule has 6 aromatic rings. The number of hydrogen-bond acceptors (Lipinski definition) is 2. The van der Waals surface area contributed by atoms with Crippen LogP contribution in [0.3, 0.4) is 0 Å². The van der Waals surface area contributed by atoms with Crippen molar-refractivity contribution in [2.24, 2.45) is 0 Å². The van der Waals surface area contributed by atoms with Crippen LogP contribution in [-0.4, -0.2) is 24.5 Å². The van der Waals surface area contributed by atoms with Crippen LogP contribution in [0.15, 0.2) is 121 Å². The molecule has 0 atom stereocenters. The Bertz CT molecular complexity index is 1760. The molecule has 1 aliphatic heterocycles. The zero-order valence-corrected chi connectivity index (χ0v) is 30.0. The molecule has 1 heterocycles. The third-order valence-electron chi connectivity index (χ3n) is 9.07. The van der Waals surface area contributed by atoms with E-state index >= 15 is 0 Å². The van der Waals surface area contributed by atoms with Gasteiger partial charge in [0.15, 0.2) is 0 Å². The Morgan fingerprint density at radius 3 is 1.17 bits per heavy atom. The summed E-state index contributed by atoms with van der Waals surface area (Å²) in [7, 11) is 0. The van der Waals surface area contributed by atoms with Crippen LogP contribution in [0.2, 0.25) is 0 Å². The molecule has 47 heavy (non-hydrogen) atoms. The lowest BCUT2D eigenvalue weighted by atomic mass is 9.65. The van der Waals surface area contributed by atoms with Gasteiger partial charge < -0.3 is 9.64 Å². The van der Waals surface area contributed by atoms with Gasteiger partial charge in [0.05, 0.1) is 5.41 Å². The molecule has 0 aromatic heterocycles. The molecule has 0 N–H and O–H groups in total. The molecule has 0 unspecified atom stereocenters. The Morgan fingerprint density at radius 2 is 0.787 bits per heavy atom.